The number of nitrogens with zero attached hydrogens (tertiary/aromatic N) is 3. The highest BCUT2D eigenvalue weighted by Crippen LogP contribution is 2.57. The normalized spacial score (nSPS) is 16.8. The topological polar surface area (TPSA) is 131 Å². The molecule has 0 spiro atoms. The first-order valence-corrected chi connectivity index (χ1v) is 17.2. The zero-order valence-electron chi connectivity index (χ0n) is 25.4. The summed E-state index contributed by atoms with van der Waals surface area (Å²) >= 11 is 6.20. The molecule has 2 amide bonds. The monoisotopic (exact) mass is 662 g/mol. The molecule has 2 heterocycles. The fourth-order valence-electron chi connectivity index (χ4n) is 6.07. The Bertz CT molecular complexity index is 1890. The van der Waals surface area contributed by atoms with Gasteiger partial charge in [-0.05, 0) is 78.6 Å². The lowest BCUT2D eigenvalue weighted by Gasteiger charge is -2.30. The Kier molecular flexibility index (Phi) is 9.17. The number of amides is 2. The second-order valence-electron chi connectivity index (χ2n) is 11.8. The van der Waals surface area contributed by atoms with Crippen LogP contribution in [0.3, 0.4) is 0 Å². The van der Waals surface area contributed by atoms with E-state index in [0.717, 1.165) is 46.7 Å². The molecule has 12 heteroatoms. The lowest BCUT2D eigenvalue weighted by molar-refractivity contribution is -0.119. The predicted octanol–water partition coefficient (Wildman–Crippen LogP) is 5.49. The number of ether oxygens (including phenoxy) is 1. The van der Waals surface area contributed by atoms with Gasteiger partial charge >= 0.3 is 0 Å². The third-order valence-corrected chi connectivity index (χ3v) is 9.65. The highest BCUT2D eigenvalue weighted by molar-refractivity contribution is 7.85. The lowest BCUT2D eigenvalue weighted by atomic mass is 9.92. The smallest absolute Gasteiger partial charge is 0.266 e. The maximum absolute atomic E-state index is 13.5. The fourth-order valence-corrected chi connectivity index (χ4v) is 6.59. The molecule has 0 saturated heterocycles. The zero-order chi connectivity index (χ0) is 32.4. The number of carbonyl (C=O) groups is 2. The minimum Gasteiger partial charge on any atom is -0.493 e. The summed E-state index contributed by atoms with van der Waals surface area (Å²) in [6.45, 7) is 3.32. The average molecular weight is 663 g/mol. The molecule has 0 radical (unpaired) electrons. The SMILES string of the molecule is Cc1c(Cl)cccc1OCCCC(=O)N1CC2CC2c2c(-c3cnn(Cc4cccc(C(=O)NCCS(=O)(=O)O)c4)c3)cccc21. The van der Waals surface area contributed by atoms with E-state index >= 15 is 0 Å². The Morgan fingerprint density at radius 1 is 1.13 bits per heavy atom. The van der Waals surface area contributed by atoms with Gasteiger partial charge in [0.1, 0.15) is 5.75 Å². The van der Waals surface area contributed by atoms with E-state index in [-0.39, 0.29) is 12.5 Å². The third-order valence-electron chi connectivity index (χ3n) is 8.52. The van der Waals surface area contributed by atoms with Crippen LogP contribution in [0.25, 0.3) is 11.1 Å². The molecule has 1 aromatic heterocycles. The Hall–Kier alpha value is -4.19. The van der Waals surface area contributed by atoms with Crippen LogP contribution in [-0.4, -0.2) is 60.0 Å². The van der Waals surface area contributed by atoms with Crippen molar-refractivity contribution < 1.29 is 27.3 Å². The summed E-state index contributed by atoms with van der Waals surface area (Å²) in [5.74, 6) is 0.719. The van der Waals surface area contributed by atoms with E-state index in [1.165, 1.54) is 5.56 Å². The van der Waals surface area contributed by atoms with Crippen molar-refractivity contribution in [1.82, 2.24) is 15.1 Å². The van der Waals surface area contributed by atoms with Crippen molar-refractivity contribution in [2.24, 2.45) is 5.92 Å². The molecule has 1 saturated carbocycles. The first-order chi connectivity index (χ1) is 22.1. The van der Waals surface area contributed by atoms with Crippen molar-refractivity contribution in [2.45, 2.75) is 38.6 Å². The highest BCUT2D eigenvalue weighted by atomic mass is 35.5. The van der Waals surface area contributed by atoms with Gasteiger partial charge in [0.15, 0.2) is 0 Å². The molecule has 4 aromatic rings. The predicted molar refractivity (Wildman–Crippen MR) is 176 cm³/mol. The molecule has 10 nitrogen and oxygen atoms in total. The van der Waals surface area contributed by atoms with Crippen molar-refractivity contribution in [2.75, 3.05) is 30.3 Å². The van der Waals surface area contributed by atoms with Crippen LogP contribution in [0.2, 0.25) is 5.02 Å². The second-order valence-corrected chi connectivity index (χ2v) is 13.8. The van der Waals surface area contributed by atoms with Gasteiger partial charge in [0.05, 0.1) is 25.1 Å². The summed E-state index contributed by atoms with van der Waals surface area (Å²) in [6.07, 6.45) is 5.84. The maximum atomic E-state index is 13.5. The summed E-state index contributed by atoms with van der Waals surface area (Å²) in [4.78, 5) is 27.9. The molecule has 2 unspecified atom stereocenters. The van der Waals surface area contributed by atoms with Crippen LogP contribution in [0.5, 0.6) is 5.75 Å². The van der Waals surface area contributed by atoms with E-state index in [9.17, 15) is 18.0 Å². The summed E-state index contributed by atoms with van der Waals surface area (Å²) in [7, 11) is -4.16. The number of carbonyl (C=O) groups excluding carboxylic acids is 2. The number of rotatable bonds is 12. The largest absolute Gasteiger partial charge is 0.493 e. The first-order valence-electron chi connectivity index (χ1n) is 15.2. The standard InChI is InChI=1S/C34H35ClN4O6S/c1-22-29(35)9-4-11-31(22)45-14-5-12-32(40)39-21-25-17-28(25)33-27(8-3-10-30(33)39)26-18-37-38(20-26)19-23-6-2-7-24(16-23)34(41)36-13-15-46(42,43)44/h2-4,6-11,16,18,20,25,28H,5,12-15,17,19,21H2,1H3,(H,36,41)(H,42,43,44). The molecule has 0 bridgehead atoms. The molecule has 2 aliphatic rings. The Morgan fingerprint density at radius 2 is 1.93 bits per heavy atom. The Morgan fingerprint density at radius 3 is 2.76 bits per heavy atom. The third kappa shape index (κ3) is 7.27. The van der Waals surface area contributed by atoms with Crippen LogP contribution < -0.4 is 15.0 Å². The van der Waals surface area contributed by atoms with Crippen molar-refractivity contribution in [3.8, 4) is 16.9 Å². The second kappa shape index (κ2) is 13.3. The number of fused-ring (bicyclic) bond motifs is 3. The number of halogens is 1. The molecule has 46 heavy (non-hydrogen) atoms. The van der Waals surface area contributed by atoms with E-state index in [2.05, 4.69) is 16.5 Å². The average Bonchev–Trinajstić information content (AvgIpc) is 3.68. The van der Waals surface area contributed by atoms with E-state index in [1.54, 1.807) is 18.2 Å². The Balaban J connectivity index is 1.12. The first kappa shape index (κ1) is 31.8. The molecular weight excluding hydrogens is 628 g/mol. The molecule has 3 aromatic carbocycles. The van der Waals surface area contributed by atoms with E-state index in [0.29, 0.717) is 48.4 Å². The number of aromatic nitrogens is 2. The van der Waals surface area contributed by atoms with Crippen molar-refractivity contribution in [3.63, 3.8) is 0 Å². The van der Waals surface area contributed by atoms with Crippen LogP contribution in [0, 0.1) is 12.8 Å². The maximum Gasteiger partial charge on any atom is 0.266 e. The number of hydrogen-bond acceptors (Lipinski definition) is 6. The highest BCUT2D eigenvalue weighted by Gasteiger charge is 2.47. The summed E-state index contributed by atoms with van der Waals surface area (Å²) < 4.78 is 38.5. The molecule has 1 aliphatic heterocycles. The van der Waals surface area contributed by atoms with Gasteiger partial charge < -0.3 is 15.0 Å². The minimum atomic E-state index is -4.16. The van der Waals surface area contributed by atoms with Crippen LogP contribution in [0.1, 0.15) is 52.2 Å². The van der Waals surface area contributed by atoms with Crippen molar-refractivity contribution in [1.29, 1.82) is 0 Å². The number of nitrogens with one attached hydrogen (secondary N) is 1. The van der Waals surface area contributed by atoms with Gasteiger partial charge in [0, 0.05) is 53.1 Å². The molecular formula is C34H35ClN4O6S. The number of hydrogen-bond donors (Lipinski definition) is 2. The van der Waals surface area contributed by atoms with Crippen LogP contribution in [0.4, 0.5) is 5.69 Å². The lowest BCUT2D eigenvalue weighted by Crippen LogP contribution is -2.36. The van der Waals surface area contributed by atoms with E-state index in [1.807, 2.05) is 65.3 Å². The molecule has 1 aliphatic carbocycles. The van der Waals surface area contributed by atoms with Crippen LogP contribution in [-0.2, 0) is 21.5 Å². The van der Waals surface area contributed by atoms with Gasteiger partial charge in [0.2, 0.25) is 5.91 Å². The van der Waals surface area contributed by atoms with E-state index in [4.69, 9.17) is 20.9 Å². The van der Waals surface area contributed by atoms with Gasteiger partial charge in [-0.3, -0.25) is 18.8 Å². The minimum absolute atomic E-state index is 0.0905. The summed E-state index contributed by atoms with van der Waals surface area (Å²) in [6, 6.07) is 18.7. The van der Waals surface area contributed by atoms with E-state index < -0.39 is 21.8 Å². The summed E-state index contributed by atoms with van der Waals surface area (Å²) in [5.41, 5.74) is 6.31. The summed E-state index contributed by atoms with van der Waals surface area (Å²) in [5, 5.41) is 7.75. The molecule has 6 rings (SSSR count). The molecule has 1 fully saturated rings. The Labute approximate surface area is 273 Å². The quantitative estimate of drug-likeness (QED) is 0.152. The van der Waals surface area contributed by atoms with Gasteiger partial charge in [-0.25, -0.2) is 0 Å². The molecule has 240 valence electrons. The van der Waals surface area contributed by atoms with Crippen LogP contribution >= 0.6 is 11.6 Å². The van der Waals surface area contributed by atoms with Gasteiger partial charge in [-0.2, -0.15) is 13.5 Å². The zero-order valence-corrected chi connectivity index (χ0v) is 26.9. The van der Waals surface area contributed by atoms with Gasteiger partial charge in [0.25, 0.3) is 16.0 Å². The molecule has 2 atom stereocenters. The number of anilines is 1. The molecule has 2 N–H and O–H groups in total. The van der Waals surface area contributed by atoms with Gasteiger partial charge in [-0.15, -0.1) is 0 Å². The van der Waals surface area contributed by atoms with Gasteiger partial charge in [-0.1, -0.05) is 41.9 Å². The van der Waals surface area contributed by atoms with Crippen LogP contribution in [0.15, 0.2) is 73.1 Å². The fraction of sp³-hybridized carbons (Fsp3) is 0.324. The van der Waals surface area contributed by atoms with Crippen molar-refractivity contribution in [3.05, 3.63) is 100 Å². The van der Waals surface area contributed by atoms with Crippen molar-refractivity contribution >= 4 is 39.2 Å². The number of benzene rings is 3.